The SMILES string of the molecule is CC1=C(C(=O)Nc2ccccc2C)C(c2ccc(Cl)cc2)n2c(sc(=Cc3ccoc3)c2=O)=N1. The molecular formula is C26H20ClN3O3S. The van der Waals surface area contributed by atoms with Crippen molar-refractivity contribution in [1.29, 1.82) is 0 Å². The van der Waals surface area contributed by atoms with Crippen LogP contribution in [0.2, 0.25) is 5.02 Å². The van der Waals surface area contributed by atoms with Gasteiger partial charge in [-0.2, -0.15) is 0 Å². The molecule has 0 aliphatic carbocycles. The summed E-state index contributed by atoms with van der Waals surface area (Å²) in [5.41, 5.74) is 3.94. The van der Waals surface area contributed by atoms with Crippen molar-refractivity contribution in [2.75, 3.05) is 5.32 Å². The average molecular weight is 490 g/mol. The van der Waals surface area contributed by atoms with Gasteiger partial charge in [0.15, 0.2) is 4.80 Å². The largest absolute Gasteiger partial charge is 0.472 e. The van der Waals surface area contributed by atoms with E-state index in [2.05, 4.69) is 10.3 Å². The number of allylic oxidation sites excluding steroid dienone is 1. The van der Waals surface area contributed by atoms with E-state index < -0.39 is 6.04 Å². The van der Waals surface area contributed by atoms with Crippen LogP contribution in [0.15, 0.2) is 92.6 Å². The molecule has 0 radical (unpaired) electrons. The number of hydrogen-bond donors (Lipinski definition) is 1. The van der Waals surface area contributed by atoms with E-state index in [1.807, 2.05) is 43.3 Å². The van der Waals surface area contributed by atoms with Gasteiger partial charge in [-0.15, -0.1) is 0 Å². The fourth-order valence-electron chi connectivity index (χ4n) is 3.98. The number of nitrogens with zero attached hydrogens (tertiary/aromatic N) is 2. The van der Waals surface area contributed by atoms with Crippen LogP contribution < -0.4 is 20.2 Å². The van der Waals surface area contributed by atoms with Crippen LogP contribution in [-0.4, -0.2) is 10.5 Å². The molecule has 170 valence electrons. The Labute approximate surface area is 204 Å². The number of furan rings is 1. The van der Waals surface area contributed by atoms with Crippen LogP contribution >= 0.6 is 22.9 Å². The molecule has 2 aromatic carbocycles. The van der Waals surface area contributed by atoms with E-state index in [0.717, 1.165) is 16.7 Å². The number of benzene rings is 2. The van der Waals surface area contributed by atoms with Gasteiger partial charge < -0.3 is 9.73 Å². The summed E-state index contributed by atoms with van der Waals surface area (Å²) >= 11 is 7.41. The molecule has 6 nitrogen and oxygen atoms in total. The zero-order chi connectivity index (χ0) is 23.8. The third-order valence-electron chi connectivity index (χ3n) is 5.69. The standard InChI is InChI=1S/C26H20ClN3O3S/c1-15-5-3-4-6-20(15)29-24(31)22-16(2)28-26-30(23(22)18-7-9-19(27)10-8-18)25(32)21(34-26)13-17-11-12-33-14-17/h3-14,23H,1-2H3,(H,29,31). The monoisotopic (exact) mass is 489 g/mol. The first-order valence-electron chi connectivity index (χ1n) is 10.6. The minimum Gasteiger partial charge on any atom is -0.472 e. The van der Waals surface area contributed by atoms with Crippen LogP contribution in [-0.2, 0) is 4.79 Å². The second kappa shape index (κ2) is 8.93. The molecule has 0 spiro atoms. The summed E-state index contributed by atoms with van der Waals surface area (Å²) in [4.78, 5) is 32.3. The molecule has 0 bridgehead atoms. The van der Waals surface area contributed by atoms with Gasteiger partial charge in [-0.05, 0) is 55.3 Å². The van der Waals surface area contributed by atoms with Crippen molar-refractivity contribution in [2.45, 2.75) is 19.9 Å². The van der Waals surface area contributed by atoms with Crippen LogP contribution in [0.4, 0.5) is 5.69 Å². The van der Waals surface area contributed by atoms with Crippen LogP contribution in [0, 0.1) is 6.92 Å². The van der Waals surface area contributed by atoms with Gasteiger partial charge in [0.2, 0.25) is 0 Å². The van der Waals surface area contributed by atoms with E-state index in [1.54, 1.807) is 48.3 Å². The number of rotatable bonds is 4. The molecular weight excluding hydrogens is 470 g/mol. The minimum atomic E-state index is -0.649. The summed E-state index contributed by atoms with van der Waals surface area (Å²) in [5.74, 6) is -0.306. The zero-order valence-corrected chi connectivity index (χ0v) is 20.0. The van der Waals surface area contributed by atoms with Crippen molar-refractivity contribution >= 4 is 40.6 Å². The van der Waals surface area contributed by atoms with Gasteiger partial charge in [-0.25, -0.2) is 4.99 Å². The average Bonchev–Trinajstić information content (AvgIpc) is 3.43. The number of para-hydroxylation sites is 1. The fraction of sp³-hybridized carbons (Fsp3) is 0.115. The third kappa shape index (κ3) is 4.04. The highest BCUT2D eigenvalue weighted by Gasteiger charge is 2.32. The zero-order valence-electron chi connectivity index (χ0n) is 18.4. The molecule has 4 aromatic rings. The summed E-state index contributed by atoms with van der Waals surface area (Å²) < 4.78 is 7.22. The molecule has 1 atom stereocenters. The van der Waals surface area contributed by atoms with Gasteiger partial charge in [0.1, 0.15) is 0 Å². The van der Waals surface area contributed by atoms with Crippen LogP contribution in [0.1, 0.15) is 29.7 Å². The van der Waals surface area contributed by atoms with E-state index >= 15 is 0 Å². The number of aromatic nitrogens is 1. The maximum Gasteiger partial charge on any atom is 0.271 e. The van der Waals surface area contributed by atoms with Gasteiger partial charge in [-0.3, -0.25) is 14.2 Å². The van der Waals surface area contributed by atoms with Crippen LogP contribution in [0.5, 0.6) is 0 Å². The topological polar surface area (TPSA) is 76.6 Å². The molecule has 1 amide bonds. The number of carbonyl (C=O) groups excluding carboxylic acids is 1. The lowest BCUT2D eigenvalue weighted by atomic mass is 9.95. The Balaban J connectivity index is 1.68. The Hall–Kier alpha value is -3.68. The first kappa shape index (κ1) is 22.1. The smallest absolute Gasteiger partial charge is 0.271 e. The van der Waals surface area contributed by atoms with Gasteiger partial charge >= 0.3 is 0 Å². The fourth-order valence-corrected chi connectivity index (χ4v) is 5.16. The van der Waals surface area contributed by atoms with Gasteiger partial charge in [0.05, 0.1) is 34.4 Å². The van der Waals surface area contributed by atoms with Crippen molar-refractivity contribution in [1.82, 2.24) is 4.57 Å². The number of hydrogen-bond acceptors (Lipinski definition) is 5. The summed E-state index contributed by atoms with van der Waals surface area (Å²) in [6.45, 7) is 3.72. The second-order valence-electron chi connectivity index (χ2n) is 7.96. The Morgan fingerprint density at radius 1 is 1.15 bits per heavy atom. The lowest BCUT2D eigenvalue weighted by Crippen LogP contribution is -2.40. The molecule has 5 rings (SSSR count). The van der Waals surface area contributed by atoms with Crippen molar-refractivity contribution < 1.29 is 9.21 Å². The molecule has 0 saturated carbocycles. The Morgan fingerprint density at radius 3 is 2.62 bits per heavy atom. The van der Waals surface area contributed by atoms with Gasteiger partial charge in [0.25, 0.3) is 11.5 Å². The molecule has 34 heavy (non-hydrogen) atoms. The minimum absolute atomic E-state index is 0.224. The Morgan fingerprint density at radius 2 is 1.91 bits per heavy atom. The van der Waals surface area contributed by atoms with Crippen LogP contribution in [0.25, 0.3) is 6.08 Å². The van der Waals surface area contributed by atoms with Crippen molar-refractivity contribution in [2.24, 2.45) is 4.99 Å². The predicted octanol–water partition coefficient (Wildman–Crippen LogP) is 4.43. The predicted molar refractivity (Wildman–Crippen MR) is 134 cm³/mol. The lowest BCUT2D eigenvalue weighted by molar-refractivity contribution is -0.113. The molecule has 1 aliphatic rings. The van der Waals surface area contributed by atoms with Crippen molar-refractivity contribution in [3.63, 3.8) is 0 Å². The van der Waals surface area contributed by atoms with Crippen molar-refractivity contribution in [3.05, 3.63) is 120 Å². The van der Waals surface area contributed by atoms with E-state index in [9.17, 15) is 9.59 Å². The number of anilines is 1. The molecule has 8 heteroatoms. The molecule has 0 fully saturated rings. The van der Waals surface area contributed by atoms with Crippen molar-refractivity contribution in [3.8, 4) is 0 Å². The molecule has 1 N–H and O–H groups in total. The summed E-state index contributed by atoms with van der Waals surface area (Å²) in [7, 11) is 0. The second-order valence-corrected chi connectivity index (χ2v) is 9.40. The van der Waals surface area contributed by atoms with E-state index in [1.165, 1.54) is 11.3 Å². The van der Waals surface area contributed by atoms with Gasteiger partial charge in [-0.1, -0.05) is 53.3 Å². The number of aryl methyl sites for hydroxylation is 1. The Kier molecular flexibility index (Phi) is 5.81. The molecule has 3 heterocycles. The van der Waals surface area contributed by atoms with Crippen LogP contribution in [0.3, 0.4) is 0 Å². The van der Waals surface area contributed by atoms with E-state index in [4.69, 9.17) is 16.0 Å². The first-order chi connectivity index (χ1) is 16.4. The number of halogens is 1. The number of nitrogens with one attached hydrogen (secondary N) is 1. The molecule has 1 unspecified atom stereocenters. The van der Waals surface area contributed by atoms with E-state index in [-0.39, 0.29) is 11.5 Å². The quantitative estimate of drug-likeness (QED) is 0.460. The number of thiazole rings is 1. The molecule has 0 saturated heterocycles. The number of fused-ring (bicyclic) bond motifs is 1. The lowest BCUT2D eigenvalue weighted by Gasteiger charge is -2.25. The maximum absolute atomic E-state index is 13.6. The summed E-state index contributed by atoms with van der Waals surface area (Å²) in [5, 5.41) is 3.57. The normalized spacial score (nSPS) is 15.7. The highest BCUT2D eigenvalue weighted by molar-refractivity contribution is 7.07. The highest BCUT2D eigenvalue weighted by atomic mass is 35.5. The summed E-state index contributed by atoms with van der Waals surface area (Å²) in [6, 6.07) is 15.9. The summed E-state index contributed by atoms with van der Waals surface area (Å²) in [6.07, 6.45) is 4.89. The highest BCUT2D eigenvalue weighted by Crippen LogP contribution is 2.31. The molecule has 1 aliphatic heterocycles. The Bertz CT molecular complexity index is 1600. The first-order valence-corrected chi connectivity index (χ1v) is 11.8. The van der Waals surface area contributed by atoms with E-state index in [0.29, 0.717) is 31.3 Å². The molecule has 2 aromatic heterocycles. The third-order valence-corrected chi connectivity index (χ3v) is 6.92. The number of carbonyl (C=O) groups is 1. The number of amides is 1. The maximum atomic E-state index is 13.6. The van der Waals surface area contributed by atoms with Gasteiger partial charge in [0, 0.05) is 16.3 Å².